The van der Waals surface area contributed by atoms with Crippen molar-refractivity contribution >= 4 is 21.9 Å². The van der Waals surface area contributed by atoms with Crippen LogP contribution in [0.3, 0.4) is 0 Å². The van der Waals surface area contributed by atoms with Gasteiger partial charge in [0.1, 0.15) is 6.54 Å². The lowest BCUT2D eigenvalue weighted by molar-refractivity contribution is -0.137. The van der Waals surface area contributed by atoms with E-state index in [0.29, 0.717) is 18.7 Å². The predicted molar refractivity (Wildman–Crippen MR) is 90.7 cm³/mol. The van der Waals surface area contributed by atoms with Crippen LogP contribution in [0.2, 0.25) is 0 Å². The van der Waals surface area contributed by atoms with Gasteiger partial charge in [-0.05, 0) is 49.9 Å². The summed E-state index contributed by atoms with van der Waals surface area (Å²) in [4.78, 5) is 25.0. The van der Waals surface area contributed by atoms with E-state index in [0.717, 1.165) is 32.1 Å². The Kier molecular flexibility index (Phi) is 5.10. The standard InChI is InChI=1S/C17H22N2O5S/c20-16(21)12-19(14-6-7-14)17(22)13-4-8-15(9-5-13)25(23,24)18-10-2-1-3-11-18/h4-5,8-9,14H,1-3,6-7,10-12H2,(H,20,21). The molecule has 7 nitrogen and oxygen atoms in total. The van der Waals surface area contributed by atoms with E-state index in [4.69, 9.17) is 5.11 Å². The van der Waals surface area contributed by atoms with E-state index in [9.17, 15) is 18.0 Å². The number of carbonyl (C=O) groups excluding carboxylic acids is 1. The van der Waals surface area contributed by atoms with Crippen LogP contribution in [0.25, 0.3) is 0 Å². The molecule has 0 radical (unpaired) electrons. The molecule has 0 spiro atoms. The Morgan fingerprint density at radius 1 is 1.08 bits per heavy atom. The van der Waals surface area contributed by atoms with Crippen LogP contribution in [0.1, 0.15) is 42.5 Å². The first-order chi connectivity index (χ1) is 11.9. The fourth-order valence-electron chi connectivity index (χ4n) is 3.09. The lowest BCUT2D eigenvalue weighted by atomic mass is 10.2. The molecule has 2 fully saturated rings. The summed E-state index contributed by atoms with van der Waals surface area (Å²) >= 11 is 0. The topological polar surface area (TPSA) is 95.0 Å². The van der Waals surface area contributed by atoms with Crippen LogP contribution in [0, 0.1) is 0 Å². The Bertz CT molecular complexity index is 750. The first-order valence-electron chi connectivity index (χ1n) is 8.52. The average Bonchev–Trinajstić information content (AvgIpc) is 3.45. The molecule has 8 heteroatoms. The monoisotopic (exact) mass is 366 g/mol. The van der Waals surface area contributed by atoms with E-state index in [1.54, 1.807) is 0 Å². The second-order valence-corrected chi connectivity index (χ2v) is 8.49. The number of hydrogen-bond donors (Lipinski definition) is 1. The minimum atomic E-state index is -3.53. The second-order valence-electron chi connectivity index (χ2n) is 6.55. The molecule has 1 aromatic rings. The van der Waals surface area contributed by atoms with Crippen LogP contribution in [0.5, 0.6) is 0 Å². The van der Waals surface area contributed by atoms with Gasteiger partial charge in [0.15, 0.2) is 0 Å². The molecule has 0 aromatic heterocycles. The summed E-state index contributed by atoms with van der Waals surface area (Å²) in [5.74, 6) is -1.42. The fourth-order valence-corrected chi connectivity index (χ4v) is 4.61. The third-order valence-corrected chi connectivity index (χ3v) is 6.52. The normalized spacial score (nSPS) is 18.7. The average molecular weight is 366 g/mol. The van der Waals surface area contributed by atoms with Gasteiger partial charge in [0.05, 0.1) is 4.90 Å². The Balaban J connectivity index is 1.77. The zero-order chi connectivity index (χ0) is 18.0. The quantitative estimate of drug-likeness (QED) is 0.824. The summed E-state index contributed by atoms with van der Waals surface area (Å²) in [6, 6.07) is 5.78. The minimum absolute atomic E-state index is 0.0274. The maximum atomic E-state index is 12.6. The van der Waals surface area contributed by atoms with Gasteiger partial charge >= 0.3 is 5.97 Å². The molecule has 2 aliphatic rings. The highest BCUT2D eigenvalue weighted by Gasteiger charge is 2.34. The van der Waals surface area contributed by atoms with Gasteiger partial charge in [-0.25, -0.2) is 8.42 Å². The van der Waals surface area contributed by atoms with Crippen molar-refractivity contribution in [2.45, 2.75) is 43.0 Å². The Morgan fingerprint density at radius 3 is 2.20 bits per heavy atom. The van der Waals surface area contributed by atoms with Crippen LogP contribution in [0.15, 0.2) is 29.2 Å². The molecule has 3 rings (SSSR count). The second kappa shape index (κ2) is 7.13. The smallest absolute Gasteiger partial charge is 0.323 e. The van der Waals surface area contributed by atoms with Gasteiger partial charge in [0, 0.05) is 24.7 Å². The molecular weight excluding hydrogens is 344 g/mol. The molecular formula is C17H22N2O5S. The molecule has 1 aromatic carbocycles. The van der Waals surface area contributed by atoms with E-state index in [-0.39, 0.29) is 23.4 Å². The van der Waals surface area contributed by atoms with E-state index in [1.807, 2.05) is 0 Å². The number of carboxylic acid groups (broad SMARTS) is 1. The van der Waals surface area contributed by atoms with Crippen molar-refractivity contribution in [1.82, 2.24) is 9.21 Å². The van der Waals surface area contributed by atoms with E-state index in [1.165, 1.54) is 33.5 Å². The summed E-state index contributed by atoms with van der Waals surface area (Å²) < 4.78 is 26.7. The number of carbonyl (C=O) groups is 2. The van der Waals surface area contributed by atoms with E-state index < -0.39 is 16.0 Å². The van der Waals surface area contributed by atoms with Crippen molar-refractivity contribution in [2.75, 3.05) is 19.6 Å². The van der Waals surface area contributed by atoms with Gasteiger partial charge in [-0.2, -0.15) is 4.31 Å². The molecule has 1 heterocycles. The number of amides is 1. The number of sulfonamides is 1. The molecule has 136 valence electrons. The third-order valence-electron chi connectivity index (χ3n) is 4.61. The van der Waals surface area contributed by atoms with Crippen molar-refractivity contribution in [1.29, 1.82) is 0 Å². The summed E-state index contributed by atoms with van der Waals surface area (Å²) in [7, 11) is -3.53. The number of piperidine rings is 1. The highest BCUT2D eigenvalue weighted by Crippen LogP contribution is 2.28. The molecule has 0 unspecified atom stereocenters. The van der Waals surface area contributed by atoms with Gasteiger partial charge in [-0.15, -0.1) is 0 Å². The molecule has 0 bridgehead atoms. The van der Waals surface area contributed by atoms with Gasteiger partial charge < -0.3 is 10.0 Å². The van der Waals surface area contributed by atoms with E-state index in [2.05, 4.69) is 0 Å². The van der Waals surface area contributed by atoms with Gasteiger partial charge in [-0.1, -0.05) is 6.42 Å². The van der Waals surface area contributed by atoms with Crippen LogP contribution >= 0.6 is 0 Å². The first kappa shape index (κ1) is 17.9. The zero-order valence-electron chi connectivity index (χ0n) is 13.9. The minimum Gasteiger partial charge on any atom is -0.480 e. The molecule has 1 N–H and O–H groups in total. The zero-order valence-corrected chi connectivity index (χ0v) is 14.7. The lowest BCUT2D eigenvalue weighted by Crippen LogP contribution is -2.37. The SMILES string of the molecule is O=C(O)CN(C(=O)c1ccc(S(=O)(=O)N2CCCCC2)cc1)C1CC1. The highest BCUT2D eigenvalue weighted by atomic mass is 32.2. The number of hydrogen-bond acceptors (Lipinski definition) is 4. The van der Waals surface area contributed by atoms with E-state index >= 15 is 0 Å². The molecule has 1 aliphatic heterocycles. The van der Waals surface area contributed by atoms with Crippen LogP contribution in [-0.2, 0) is 14.8 Å². The number of aliphatic carboxylic acids is 1. The maximum Gasteiger partial charge on any atom is 0.323 e. The van der Waals surface area contributed by atoms with Gasteiger partial charge in [0.2, 0.25) is 10.0 Å². The van der Waals surface area contributed by atoms with Gasteiger partial charge in [-0.3, -0.25) is 9.59 Å². The van der Waals surface area contributed by atoms with Crippen LogP contribution in [-0.4, -0.2) is 60.3 Å². The molecule has 25 heavy (non-hydrogen) atoms. The molecule has 1 saturated carbocycles. The summed E-state index contributed by atoms with van der Waals surface area (Å²) in [5, 5.41) is 8.97. The number of carboxylic acids is 1. The van der Waals surface area contributed by atoms with Crippen molar-refractivity contribution in [3.05, 3.63) is 29.8 Å². The summed E-state index contributed by atoms with van der Waals surface area (Å²) in [6.45, 7) is 0.714. The summed E-state index contributed by atoms with van der Waals surface area (Å²) in [6.07, 6.45) is 4.38. The Labute approximate surface area is 147 Å². The highest BCUT2D eigenvalue weighted by molar-refractivity contribution is 7.89. The fraction of sp³-hybridized carbons (Fsp3) is 0.529. The number of rotatable bonds is 6. The molecule has 1 aliphatic carbocycles. The third kappa shape index (κ3) is 4.01. The molecule has 1 amide bonds. The van der Waals surface area contributed by atoms with Crippen molar-refractivity contribution < 1.29 is 23.1 Å². The van der Waals surface area contributed by atoms with Crippen LogP contribution < -0.4 is 0 Å². The summed E-state index contributed by atoms with van der Waals surface area (Å²) in [5.41, 5.74) is 0.311. The first-order valence-corrected chi connectivity index (χ1v) is 9.96. The predicted octanol–water partition coefficient (Wildman–Crippen LogP) is 1.55. The maximum absolute atomic E-state index is 12.6. The van der Waals surface area contributed by atoms with Crippen molar-refractivity contribution in [3.63, 3.8) is 0 Å². The van der Waals surface area contributed by atoms with Crippen molar-refractivity contribution in [2.24, 2.45) is 0 Å². The Hall–Kier alpha value is -1.93. The van der Waals surface area contributed by atoms with Crippen molar-refractivity contribution in [3.8, 4) is 0 Å². The lowest BCUT2D eigenvalue weighted by Gasteiger charge is -2.26. The molecule has 0 atom stereocenters. The number of benzene rings is 1. The largest absolute Gasteiger partial charge is 0.480 e. The van der Waals surface area contributed by atoms with Crippen LogP contribution in [0.4, 0.5) is 0 Å². The molecule has 1 saturated heterocycles. The van der Waals surface area contributed by atoms with Gasteiger partial charge in [0.25, 0.3) is 5.91 Å². The number of nitrogens with zero attached hydrogens (tertiary/aromatic N) is 2. The Morgan fingerprint density at radius 2 is 1.68 bits per heavy atom.